The van der Waals surface area contributed by atoms with Crippen molar-refractivity contribution in [3.8, 4) is 11.8 Å². The standard InChI is InChI=1S/C14H15ClN2O2/c15-11-4-3-6-13(8-11)19-10-14(18)17-7-2-1-5-12(17)9-16/h3-4,6,8,12H,1-2,5,7,10H2. The van der Waals surface area contributed by atoms with Crippen molar-refractivity contribution in [3.63, 3.8) is 0 Å². The molecule has 1 saturated heterocycles. The summed E-state index contributed by atoms with van der Waals surface area (Å²) in [6, 6.07) is 8.77. The van der Waals surface area contributed by atoms with Crippen LogP contribution >= 0.6 is 11.6 Å². The molecule has 0 spiro atoms. The van der Waals surface area contributed by atoms with Crippen molar-refractivity contribution in [2.24, 2.45) is 0 Å². The Balaban J connectivity index is 1.92. The van der Waals surface area contributed by atoms with Crippen LogP contribution in [-0.2, 0) is 4.79 Å². The Morgan fingerprint density at radius 3 is 3.11 bits per heavy atom. The molecule has 19 heavy (non-hydrogen) atoms. The van der Waals surface area contributed by atoms with Crippen LogP contribution in [0.3, 0.4) is 0 Å². The monoisotopic (exact) mass is 278 g/mol. The van der Waals surface area contributed by atoms with E-state index >= 15 is 0 Å². The number of amides is 1. The number of piperidine rings is 1. The second kappa shape index (κ2) is 6.44. The molecule has 0 bridgehead atoms. The Labute approximate surface area is 117 Å². The lowest BCUT2D eigenvalue weighted by Crippen LogP contribution is -2.45. The maximum Gasteiger partial charge on any atom is 0.261 e. The van der Waals surface area contributed by atoms with Crippen LogP contribution in [0, 0.1) is 11.3 Å². The van der Waals surface area contributed by atoms with Gasteiger partial charge in [0.2, 0.25) is 0 Å². The van der Waals surface area contributed by atoms with E-state index in [-0.39, 0.29) is 18.6 Å². The third-order valence-electron chi connectivity index (χ3n) is 3.13. The first-order chi connectivity index (χ1) is 9.20. The predicted octanol–water partition coefficient (Wildman–Crippen LogP) is 2.62. The third-order valence-corrected chi connectivity index (χ3v) is 3.37. The van der Waals surface area contributed by atoms with E-state index in [1.165, 1.54) is 0 Å². The first kappa shape index (κ1) is 13.7. The summed E-state index contributed by atoms with van der Waals surface area (Å²) >= 11 is 5.84. The van der Waals surface area contributed by atoms with Gasteiger partial charge in [-0.2, -0.15) is 5.26 Å². The second-order valence-electron chi connectivity index (χ2n) is 4.47. The molecule has 1 aromatic rings. The number of benzene rings is 1. The molecule has 4 nitrogen and oxygen atoms in total. The zero-order valence-electron chi connectivity index (χ0n) is 10.5. The van der Waals surface area contributed by atoms with Gasteiger partial charge in [0.15, 0.2) is 6.61 Å². The number of hydrogen-bond acceptors (Lipinski definition) is 3. The summed E-state index contributed by atoms with van der Waals surface area (Å²) in [7, 11) is 0. The van der Waals surface area contributed by atoms with Gasteiger partial charge in [-0.15, -0.1) is 0 Å². The molecule has 0 aromatic heterocycles. The summed E-state index contributed by atoms with van der Waals surface area (Å²) in [4.78, 5) is 13.6. The van der Waals surface area contributed by atoms with Crippen molar-refractivity contribution < 1.29 is 9.53 Å². The van der Waals surface area contributed by atoms with Crippen molar-refractivity contribution in [1.29, 1.82) is 5.26 Å². The van der Waals surface area contributed by atoms with Gasteiger partial charge in [0, 0.05) is 11.6 Å². The Morgan fingerprint density at radius 2 is 2.37 bits per heavy atom. The smallest absolute Gasteiger partial charge is 0.261 e. The summed E-state index contributed by atoms with van der Waals surface area (Å²) in [5, 5.41) is 9.60. The zero-order valence-corrected chi connectivity index (χ0v) is 11.3. The molecule has 1 atom stereocenters. The molecule has 2 rings (SSSR count). The molecule has 0 saturated carbocycles. The second-order valence-corrected chi connectivity index (χ2v) is 4.91. The van der Waals surface area contributed by atoms with E-state index in [0.717, 1.165) is 19.3 Å². The fourth-order valence-electron chi connectivity index (χ4n) is 2.15. The largest absolute Gasteiger partial charge is 0.484 e. The molecule has 100 valence electrons. The third kappa shape index (κ3) is 3.62. The quantitative estimate of drug-likeness (QED) is 0.854. The number of carbonyl (C=O) groups is 1. The minimum atomic E-state index is -0.316. The van der Waals surface area contributed by atoms with Crippen LogP contribution in [-0.4, -0.2) is 30.0 Å². The van der Waals surface area contributed by atoms with Crippen molar-refractivity contribution in [2.45, 2.75) is 25.3 Å². The van der Waals surface area contributed by atoms with Gasteiger partial charge in [0.1, 0.15) is 11.8 Å². The van der Waals surface area contributed by atoms with E-state index in [0.29, 0.717) is 17.3 Å². The topological polar surface area (TPSA) is 53.3 Å². The van der Waals surface area contributed by atoms with E-state index in [2.05, 4.69) is 6.07 Å². The van der Waals surface area contributed by atoms with Crippen LogP contribution in [0.25, 0.3) is 0 Å². The van der Waals surface area contributed by atoms with Gasteiger partial charge in [-0.25, -0.2) is 0 Å². The van der Waals surface area contributed by atoms with Gasteiger partial charge in [0.05, 0.1) is 6.07 Å². The fourth-order valence-corrected chi connectivity index (χ4v) is 2.33. The Morgan fingerprint density at radius 1 is 1.53 bits per heavy atom. The SMILES string of the molecule is N#CC1CCCCN1C(=O)COc1cccc(Cl)c1. The number of likely N-dealkylation sites (tertiary alicyclic amines) is 1. The highest BCUT2D eigenvalue weighted by molar-refractivity contribution is 6.30. The summed E-state index contributed by atoms with van der Waals surface area (Å²) < 4.78 is 5.41. The molecule has 0 radical (unpaired) electrons. The highest BCUT2D eigenvalue weighted by Crippen LogP contribution is 2.19. The summed E-state index contributed by atoms with van der Waals surface area (Å²) in [6.07, 6.45) is 2.69. The summed E-state index contributed by atoms with van der Waals surface area (Å²) in [6.45, 7) is 0.578. The van der Waals surface area contributed by atoms with Crippen LogP contribution in [0.1, 0.15) is 19.3 Å². The average molecular weight is 279 g/mol. The highest BCUT2D eigenvalue weighted by atomic mass is 35.5. The molecule has 0 aliphatic carbocycles. The van der Waals surface area contributed by atoms with Gasteiger partial charge in [-0.3, -0.25) is 4.79 Å². The van der Waals surface area contributed by atoms with E-state index in [9.17, 15) is 4.79 Å². The summed E-state index contributed by atoms with van der Waals surface area (Å²) in [5.41, 5.74) is 0. The first-order valence-electron chi connectivity index (χ1n) is 6.28. The zero-order chi connectivity index (χ0) is 13.7. The minimum absolute atomic E-state index is 0.0570. The average Bonchev–Trinajstić information content (AvgIpc) is 2.45. The molecule has 1 fully saturated rings. The first-order valence-corrected chi connectivity index (χ1v) is 6.66. The van der Waals surface area contributed by atoms with Gasteiger partial charge in [-0.1, -0.05) is 17.7 Å². The number of rotatable bonds is 3. The van der Waals surface area contributed by atoms with Crippen LogP contribution in [0.5, 0.6) is 5.75 Å². The number of nitrogens with zero attached hydrogens (tertiary/aromatic N) is 2. The van der Waals surface area contributed by atoms with E-state index in [1.54, 1.807) is 29.2 Å². The number of nitriles is 1. The lowest BCUT2D eigenvalue weighted by Gasteiger charge is -2.31. The number of hydrogen-bond donors (Lipinski definition) is 0. The van der Waals surface area contributed by atoms with Crippen LogP contribution in [0.15, 0.2) is 24.3 Å². The molecular weight excluding hydrogens is 264 g/mol. The van der Waals surface area contributed by atoms with Crippen LogP contribution in [0.2, 0.25) is 5.02 Å². The number of ether oxygens (including phenoxy) is 1. The van der Waals surface area contributed by atoms with Crippen molar-refractivity contribution >= 4 is 17.5 Å². The van der Waals surface area contributed by atoms with Gasteiger partial charge >= 0.3 is 0 Å². The van der Waals surface area contributed by atoms with Gasteiger partial charge < -0.3 is 9.64 Å². The molecular formula is C14H15ClN2O2. The Kier molecular flexibility index (Phi) is 4.64. The van der Waals surface area contributed by atoms with Crippen molar-refractivity contribution in [2.75, 3.05) is 13.2 Å². The van der Waals surface area contributed by atoms with E-state index in [4.69, 9.17) is 21.6 Å². The molecule has 0 N–H and O–H groups in total. The molecule has 1 aliphatic rings. The minimum Gasteiger partial charge on any atom is -0.484 e. The molecule has 1 amide bonds. The highest BCUT2D eigenvalue weighted by Gasteiger charge is 2.26. The molecule has 1 heterocycles. The van der Waals surface area contributed by atoms with Crippen LogP contribution < -0.4 is 4.74 Å². The Hall–Kier alpha value is -1.73. The van der Waals surface area contributed by atoms with Gasteiger partial charge in [0.25, 0.3) is 5.91 Å². The predicted molar refractivity (Wildman–Crippen MR) is 71.9 cm³/mol. The fraction of sp³-hybridized carbons (Fsp3) is 0.429. The van der Waals surface area contributed by atoms with Crippen molar-refractivity contribution in [1.82, 2.24) is 4.90 Å². The molecule has 1 aliphatic heterocycles. The lowest BCUT2D eigenvalue weighted by molar-refractivity contribution is -0.135. The van der Waals surface area contributed by atoms with Crippen LogP contribution in [0.4, 0.5) is 0 Å². The molecule has 1 aromatic carbocycles. The maximum atomic E-state index is 12.0. The summed E-state index contributed by atoms with van der Waals surface area (Å²) in [5.74, 6) is 0.414. The number of carbonyl (C=O) groups excluding carboxylic acids is 1. The maximum absolute atomic E-state index is 12.0. The van der Waals surface area contributed by atoms with Gasteiger partial charge in [-0.05, 0) is 37.5 Å². The normalized spacial score (nSPS) is 18.7. The lowest BCUT2D eigenvalue weighted by atomic mass is 10.0. The van der Waals surface area contributed by atoms with E-state index in [1.807, 2.05) is 0 Å². The molecule has 5 heteroatoms. The number of halogens is 1. The van der Waals surface area contributed by atoms with Crippen molar-refractivity contribution in [3.05, 3.63) is 29.3 Å². The van der Waals surface area contributed by atoms with E-state index < -0.39 is 0 Å². The molecule has 1 unspecified atom stereocenters. The Bertz CT molecular complexity index is 498.